The maximum atomic E-state index is 12.4. The summed E-state index contributed by atoms with van der Waals surface area (Å²) >= 11 is 6.41. The van der Waals surface area contributed by atoms with Crippen LogP contribution in [0.4, 0.5) is 11.4 Å². The fourth-order valence-electron chi connectivity index (χ4n) is 5.70. The van der Waals surface area contributed by atoms with E-state index in [1.807, 2.05) is 65.6 Å². The molecule has 2 aliphatic carbocycles. The van der Waals surface area contributed by atoms with Gasteiger partial charge in [-0.3, -0.25) is 14.4 Å². The van der Waals surface area contributed by atoms with Gasteiger partial charge >= 0.3 is 5.97 Å². The topological polar surface area (TPSA) is 128 Å². The van der Waals surface area contributed by atoms with E-state index in [9.17, 15) is 19.2 Å². The number of Topliss-reactive ketones (excluding diaryl/α,β-unsaturated/α-hetero) is 2. The fraction of sp³-hybridized carbons (Fsp3) is 0.459. The highest BCUT2D eigenvalue weighted by molar-refractivity contribution is 14.1. The maximum absolute atomic E-state index is 12.4. The number of benzene rings is 2. The lowest BCUT2D eigenvalue weighted by molar-refractivity contribution is -0.115. The van der Waals surface area contributed by atoms with Crippen molar-refractivity contribution in [2.45, 2.75) is 78.1 Å². The molecule has 2 aromatic carbocycles. The van der Waals surface area contributed by atoms with Crippen molar-refractivity contribution in [3.63, 3.8) is 0 Å². The van der Waals surface area contributed by atoms with Gasteiger partial charge in [-0.15, -0.1) is 0 Å². The first-order valence-electron chi connectivity index (χ1n) is 17.4. The Morgan fingerprint density at radius 2 is 1.22 bits per heavy atom. The van der Waals surface area contributed by atoms with Gasteiger partial charge in [0.05, 0.1) is 9.71 Å². The number of aromatic carboxylic acids is 1. The summed E-state index contributed by atoms with van der Waals surface area (Å²) in [5.41, 5.74) is 6.25. The van der Waals surface area contributed by atoms with Gasteiger partial charge < -0.3 is 26.0 Å². The molecule has 2 aliphatic heterocycles. The van der Waals surface area contributed by atoms with Crippen LogP contribution in [0.2, 0.25) is 0 Å². The van der Waals surface area contributed by atoms with Crippen molar-refractivity contribution in [3.05, 3.63) is 82.2 Å². The summed E-state index contributed by atoms with van der Waals surface area (Å²) in [7, 11) is 0.734. The minimum Gasteiger partial charge on any atom is -0.478 e. The SMILES string of the molecule is C1CCNCC1.CC1=C(Nc2ccc(C(=O)N3CCCCC3)cc2)CCC1=O.CC1=C(Nc2ccc(C(=O)O)cc2)CCC1=O.[2H]C(I)P=S. The fourth-order valence-corrected chi connectivity index (χ4v) is 5.70. The van der Waals surface area contributed by atoms with E-state index >= 15 is 0 Å². The number of carbonyl (C=O) groups is 4. The molecule has 6 rings (SSSR count). The molecular weight excluding hydrogens is 770 g/mol. The quantitative estimate of drug-likeness (QED) is 0.124. The van der Waals surface area contributed by atoms with Gasteiger partial charge in [0.25, 0.3) is 5.91 Å². The summed E-state index contributed by atoms with van der Waals surface area (Å²) in [6.45, 7) is 7.91. The number of anilines is 2. The van der Waals surface area contributed by atoms with Crippen molar-refractivity contribution >= 4 is 76.6 Å². The number of ketones is 2. The van der Waals surface area contributed by atoms with Gasteiger partial charge in [0.2, 0.25) is 0 Å². The smallest absolute Gasteiger partial charge is 0.335 e. The number of allylic oxidation sites excluding steroid dienone is 4. The van der Waals surface area contributed by atoms with Crippen LogP contribution in [-0.2, 0) is 21.4 Å². The standard InChI is InChI=1S/C18H22N2O2.C13H13NO3.C5H11N.CH2IPS/c1-13-16(9-10-17(13)21)19-15-7-5-14(6-8-15)18(22)20-11-3-2-4-12-20;1-8-11(6-7-12(8)15)14-10-4-2-9(3-5-10)13(16)17;1-2-4-6-5-3-1;2-1-3-4/h5-8,19H,2-4,9-12H2,1H3;2-5,14H,6-7H2,1H3,(H,16,17);6H,1-5H2;1H2/i;;;1D. The first-order chi connectivity index (χ1) is 24.0. The van der Waals surface area contributed by atoms with Crippen LogP contribution in [0.3, 0.4) is 0 Å². The summed E-state index contributed by atoms with van der Waals surface area (Å²) in [6, 6.07) is 14.0. The second-order valence-corrected chi connectivity index (χ2v) is 14.8. The molecule has 9 nitrogen and oxygen atoms in total. The number of carboxylic acids is 1. The van der Waals surface area contributed by atoms with Gasteiger partial charge in [0.1, 0.15) is 0 Å². The molecule has 4 aliphatic rings. The Hall–Kier alpha value is -2.99. The van der Waals surface area contributed by atoms with Crippen molar-refractivity contribution in [3.8, 4) is 0 Å². The number of nitrogens with zero attached hydrogens (tertiary/aromatic N) is 1. The van der Waals surface area contributed by atoms with E-state index in [0.29, 0.717) is 12.8 Å². The molecule has 49 heavy (non-hydrogen) atoms. The molecule has 264 valence electrons. The molecule has 0 saturated carbocycles. The summed E-state index contributed by atoms with van der Waals surface area (Å²) < 4.78 is 6.59. The zero-order valence-electron chi connectivity index (χ0n) is 29.4. The first kappa shape index (κ1) is 38.8. The molecule has 0 radical (unpaired) electrons. The van der Waals surface area contributed by atoms with Crippen LogP contribution in [0.5, 0.6) is 0 Å². The van der Waals surface area contributed by atoms with E-state index in [1.54, 1.807) is 12.1 Å². The number of halogens is 1. The van der Waals surface area contributed by atoms with Crippen LogP contribution in [0.25, 0.3) is 0 Å². The number of piperidine rings is 2. The summed E-state index contributed by atoms with van der Waals surface area (Å²) in [6.07, 6.45) is 10.3. The Morgan fingerprint density at radius 1 is 0.796 bits per heavy atom. The molecular formula is C37H48IN4O5PS. The molecule has 0 spiro atoms. The highest BCUT2D eigenvalue weighted by Crippen LogP contribution is 2.26. The van der Waals surface area contributed by atoms with Gasteiger partial charge in [-0.1, -0.05) is 40.8 Å². The molecule has 0 bridgehead atoms. The molecule has 1 atom stereocenters. The summed E-state index contributed by atoms with van der Waals surface area (Å²) in [5.74, 6) is -0.422. The minimum absolute atomic E-state index is 0.109. The number of alkyl halides is 1. The van der Waals surface area contributed by atoms with Gasteiger partial charge in [-0.25, -0.2) is 4.79 Å². The maximum Gasteiger partial charge on any atom is 0.335 e. The number of likely N-dealkylation sites (tertiary alicyclic amines) is 1. The number of hydrogen-bond donors (Lipinski definition) is 4. The first-order valence-corrected chi connectivity index (χ1v) is 20.0. The zero-order valence-corrected chi connectivity index (χ0v) is 32.2. The molecule has 2 fully saturated rings. The molecule has 1 unspecified atom stereocenters. The molecule has 1 amide bonds. The van der Waals surface area contributed by atoms with Gasteiger partial charge in [0.15, 0.2) is 11.6 Å². The Labute approximate surface area is 312 Å². The van der Waals surface area contributed by atoms with Crippen molar-refractivity contribution in [2.24, 2.45) is 0 Å². The van der Waals surface area contributed by atoms with Crippen molar-refractivity contribution in [2.75, 3.05) is 41.0 Å². The monoisotopic (exact) mass is 819 g/mol. The Morgan fingerprint density at radius 3 is 1.55 bits per heavy atom. The van der Waals surface area contributed by atoms with E-state index in [4.69, 9.17) is 6.48 Å². The second kappa shape index (κ2) is 22.0. The van der Waals surface area contributed by atoms with E-state index in [0.717, 1.165) is 85.6 Å². The predicted octanol–water partition coefficient (Wildman–Crippen LogP) is 8.34. The summed E-state index contributed by atoms with van der Waals surface area (Å²) in [4.78, 5) is 47.9. The second-order valence-electron chi connectivity index (χ2n) is 12.1. The van der Waals surface area contributed by atoms with Gasteiger partial charge in [-0.2, -0.15) is 0 Å². The lowest BCUT2D eigenvalue weighted by Crippen LogP contribution is -2.35. The van der Waals surface area contributed by atoms with Crippen molar-refractivity contribution in [1.82, 2.24) is 10.2 Å². The number of carboxylic acid groups (broad SMARTS) is 1. The van der Waals surface area contributed by atoms with Crippen LogP contribution in [0.15, 0.2) is 71.1 Å². The lowest BCUT2D eigenvalue weighted by atomic mass is 10.1. The highest BCUT2D eigenvalue weighted by Gasteiger charge is 2.21. The van der Waals surface area contributed by atoms with Crippen molar-refractivity contribution in [1.29, 1.82) is 0 Å². The van der Waals surface area contributed by atoms with Crippen LogP contribution < -0.4 is 16.0 Å². The summed E-state index contributed by atoms with van der Waals surface area (Å²) in [5, 5.41) is 18.5. The van der Waals surface area contributed by atoms with Gasteiger partial charge in [0, 0.05) is 66.8 Å². The molecule has 2 heterocycles. The molecule has 12 heteroatoms. The normalized spacial score (nSPS) is 18.3. The van der Waals surface area contributed by atoms with Crippen LogP contribution in [-0.4, -0.2) is 63.8 Å². The minimum atomic E-state index is -0.942. The third kappa shape index (κ3) is 13.7. The van der Waals surface area contributed by atoms with Crippen LogP contribution in [0, 0.1) is 0 Å². The van der Waals surface area contributed by atoms with Crippen molar-refractivity contribution < 1.29 is 25.7 Å². The predicted molar refractivity (Wildman–Crippen MR) is 211 cm³/mol. The number of hydrogen-bond acceptors (Lipinski definition) is 8. The van der Waals surface area contributed by atoms with E-state index in [2.05, 4.69) is 27.8 Å². The van der Waals surface area contributed by atoms with Crippen LogP contribution >= 0.6 is 29.9 Å². The number of amides is 1. The molecule has 4 N–H and O–H groups in total. The number of nitrogens with one attached hydrogen (secondary N) is 3. The third-order valence-electron chi connectivity index (χ3n) is 8.69. The molecule has 2 saturated heterocycles. The average molecular weight is 820 g/mol. The van der Waals surface area contributed by atoms with E-state index < -0.39 is 5.97 Å². The number of carbonyl (C=O) groups excluding carboxylic acids is 3. The molecule has 0 aromatic heterocycles. The Bertz CT molecular complexity index is 1530. The van der Waals surface area contributed by atoms with Gasteiger partial charge in [-0.05, 0) is 128 Å². The van der Waals surface area contributed by atoms with Crippen LogP contribution in [0.1, 0.15) is 100 Å². The average Bonchev–Trinajstić information content (AvgIpc) is 3.64. The van der Waals surface area contributed by atoms with E-state index in [-0.39, 0.29) is 27.2 Å². The Balaban J connectivity index is 0.000000212. The highest BCUT2D eigenvalue weighted by atomic mass is 127. The van der Waals surface area contributed by atoms with E-state index in [1.165, 1.54) is 50.9 Å². The third-order valence-corrected chi connectivity index (χ3v) is 11.1. The lowest BCUT2D eigenvalue weighted by Gasteiger charge is -2.26. The zero-order chi connectivity index (χ0) is 36.5. The Kier molecular flexibility index (Phi) is 17.4. The number of rotatable bonds is 7. The molecule has 2 aromatic rings. The largest absolute Gasteiger partial charge is 0.478 e.